The summed E-state index contributed by atoms with van der Waals surface area (Å²) in [7, 11) is -3.45. The highest BCUT2D eigenvalue weighted by Crippen LogP contribution is 2.27. The standard InChI is InChI=1S/C22H25N3O5S2/c1-2-32(29,30)15-11-12-19(26)18(14-15)23-20(27)10-4-3-7-13-25-21(28)16-8-5-6-9-17(16)24-22(25)31/h5-6,8-9,11-12,14,26H,2-4,7,10,13H2,1H3,(H,23,27)(H,24,31). The van der Waals surface area contributed by atoms with Crippen LogP contribution in [0, 0.1) is 4.77 Å². The predicted octanol–water partition coefficient (Wildman–Crippen LogP) is 3.76. The lowest BCUT2D eigenvalue weighted by Crippen LogP contribution is -2.22. The Hall–Kier alpha value is -2.98. The van der Waals surface area contributed by atoms with Gasteiger partial charge in [-0.25, -0.2) is 8.42 Å². The number of amides is 1. The summed E-state index contributed by atoms with van der Waals surface area (Å²) < 4.78 is 25.9. The van der Waals surface area contributed by atoms with Gasteiger partial charge < -0.3 is 15.4 Å². The Balaban J connectivity index is 1.54. The molecule has 170 valence electrons. The number of nitrogens with zero attached hydrogens (tertiary/aromatic N) is 1. The molecular formula is C22H25N3O5S2. The molecule has 1 aromatic heterocycles. The summed E-state index contributed by atoms with van der Waals surface area (Å²) in [6, 6.07) is 11.0. The average Bonchev–Trinajstić information content (AvgIpc) is 2.77. The number of fused-ring (bicyclic) bond motifs is 1. The molecule has 1 heterocycles. The molecule has 1 amide bonds. The van der Waals surface area contributed by atoms with Crippen molar-refractivity contribution in [3.8, 4) is 5.75 Å². The number of hydrogen-bond donors (Lipinski definition) is 3. The van der Waals surface area contributed by atoms with Gasteiger partial charge in [0.05, 0.1) is 27.2 Å². The molecule has 0 aliphatic rings. The van der Waals surface area contributed by atoms with E-state index in [1.807, 2.05) is 6.07 Å². The van der Waals surface area contributed by atoms with E-state index in [9.17, 15) is 23.1 Å². The van der Waals surface area contributed by atoms with Crippen molar-refractivity contribution in [3.63, 3.8) is 0 Å². The van der Waals surface area contributed by atoms with Gasteiger partial charge in [0.15, 0.2) is 14.6 Å². The zero-order valence-electron chi connectivity index (χ0n) is 17.6. The van der Waals surface area contributed by atoms with Crippen LogP contribution in [0.15, 0.2) is 52.2 Å². The lowest BCUT2D eigenvalue weighted by molar-refractivity contribution is -0.116. The van der Waals surface area contributed by atoms with Crippen LogP contribution in [-0.2, 0) is 21.2 Å². The van der Waals surface area contributed by atoms with Gasteiger partial charge in [-0.15, -0.1) is 0 Å². The van der Waals surface area contributed by atoms with Crippen molar-refractivity contribution in [2.24, 2.45) is 0 Å². The van der Waals surface area contributed by atoms with E-state index >= 15 is 0 Å². The maximum atomic E-state index is 12.6. The molecule has 8 nitrogen and oxygen atoms in total. The number of nitrogens with one attached hydrogen (secondary N) is 2. The summed E-state index contributed by atoms with van der Waals surface area (Å²) in [4.78, 5) is 28.0. The van der Waals surface area contributed by atoms with Crippen molar-refractivity contribution >= 4 is 44.6 Å². The highest BCUT2D eigenvalue weighted by molar-refractivity contribution is 7.91. The summed E-state index contributed by atoms with van der Waals surface area (Å²) >= 11 is 5.29. The van der Waals surface area contributed by atoms with Crippen LogP contribution in [0.1, 0.15) is 32.6 Å². The largest absolute Gasteiger partial charge is 0.506 e. The third kappa shape index (κ3) is 5.43. The van der Waals surface area contributed by atoms with E-state index in [4.69, 9.17) is 12.2 Å². The van der Waals surface area contributed by atoms with Crippen LogP contribution >= 0.6 is 12.2 Å². The summed E-state index contributed by atoms with van der Waals surface area (Å²) in [5.41, 5.74) is 0.632. The molecule has 3 N–H and O–H groups in total. The maximum Gasteiger partial charge on any atom is 0.262 e. The van der Waals surface area contributed by atoms with E-state index in [0.717, 1.165) is 0 Å². The molecule has 0 saturated heterocycles. The number of carbonyl (C=O) groups excluding carboxylic acids is 1. The second-order valence-electron chi connectivity index (χ2n) is 7.37. The maximum absolute atomic E-state index is 12.6. The number of aromatic amines is 1. The molecular weight excluding hydrogens is 450 g/mol. The lowest BCUT2D eigenvalue weighted by atomic mass is 10.1. The zero-order valence-corrected chi connectivity index (χ0v) is 19.3. The lowest BCUT2D eigenvalue weighted by Gasteiger charge is -2.10. The van der Waals surface area contributed by atoms with Crippen LogP contribution in [0.25, 0.3) is 10.9 Å². The Kier molecular flexibility index (Phi) is 7.47. The number of anilines is 1. The van der Waals surface area contributed by atoms with Gasteiger partial charge in [-0.05, 0) is 55.4 Å². The van der Waals surface area contributed by atoms with Crippen molar-refractivity contribution < 1.29 is 18.3 Å². The van der Waals surface area contributed by atoms with Gasteiger partial charge in [-0.2, -0.15) is 0 Å². The number of phenolic OH excluding ortho intramolecular Hbond substituents is 1. The molecule has 0 aliphatic heterocycles. The number of rotatable bonds is 9. The molecule has 0 unspecified atom stereocenters. The van der Waals surface area contributed by atoms with Crippen molar-refractivity contribution in [2.75, 3.05) is 11.1 Å². The Morgan fingerprint density at radius 2 is 1.91 bits per heavy atom. The van der Waals surface area contributed by atoms with Gasteiger partial charge in [-0.3, -0.25) is 14.2 Å². The third-order valence-corrected chi connectivity index (χ3v) is 7.21. The second-order valence-corrected chi connectivity index (χ2v) is 10.0. The van der Waals surface area contributed by atoms with Gasteiger partial charge in [0.25, 0.3) is 5.56 Å². The minimum absolute atomic E-state index is 0.0467. The number of phenols is 1. The second kappa shape index (κ2) is 10.1. The minimum atomic E-state index is -3.45. The molecule has 0 bridgehead atoms. The minimum Gasteiger partial charge on any atom is -0.506 e. The van der Waals surface area contributed by atoms with E-state index in [0.29, 0.717) is 41.5 Å². The number of para-hydroxylation sites is 1. The number of aromatic hydroxyl groups is 1. The number of unbranched alkanes of at least 4 members (excludes halogenated alkanes) is 2. The number of hydrogen-bond acceptors (Lipinski definition) is 6. The van der Waals surface area contributed by atoms with Crippen molar-refractivity contribution in [1.82, 2.24) is 9.55 Å². The molecule has 3 aromatic rings. The summed E-state index contributed by atoms with van der Waals surface area (Å²) in [6.07, 6.45) is 2.12. The molecule has 0 aliphatic carbocycles. The molecule has 2 aromatic carbocycles. The molecule has 0 fully saturated rings. The Labute approximate surface area is 190 Å². The van der Waals surface area contributed by atoms with Crippen molar-refractivity contribution in [2.45, 2.75) is 44.0 Å². The van der Waals surface area contributed by atoms with Crippen LogP contribution < -0.4 is 10.9 Å². The first-order chi connectivity index (χ1) is 15.2. The fourth-order valence-corrected chi connectivity index (χ4v) is 4.51. The molecule has 0 radical (unpaired) electrons. The summed E-state index contributed by atoms with van der Waals surface area (Å²) in [5, 5.41) is 13.1. The first-order valence-corrected chi connectivity index (χ1v) is 12.4. The van der Waals surface area contributed by atoms with Crippen molar-refractivity contribution in [3.05, 3.63) is 57.6 Å². The van der Waals surface area contributed by atoms with Crippen LogP contribution in [0.4, 0.5) is 5.69 Å². The number of sulfone groups is 1. The molecule has 0 saturated carbocycles. The van der Waals surface area contributed by atoms with Crippen LogP contribution in [0.2, 0.25) is 0 Å². The normalized spacial score (nSPS) is 11.5. The van der Waals surface area contributed by atoms with E-state index in [1.165, 1.54) is 29.7 Å². The monoisotopic (exact) mass is 475 g/mol. The first-order valence-electron chi connectivity index (χ1n) is 10.3. The summed E-state index contributed by atoms with van der Waals surface area (Å²) in [5.74, 6) is -0.598. The van der Waals surface area contributed by atoms with Crippen LogP contribution in [0.5, 0.6) is 5.75 Å². The fourth-order valence-electron chi connectivity index (χ4n) is 3.32. The highest BCUT2D eigenvalue weighted by atomic mass is 32.2. The molecule has 10 heteroatoms. The number of benzene rings is 2. The van der Waals surface area contributed by atoms with E-state index in [-0.39, 0.29) is 40.0 Å². The third-order valence-electron chi connectivity index (χ3n) is 5.16. The number of H-pyrrole nitrogens is 1. The molecule has 3 rings (SSSR count). The van der Waals surface area contributed by atoms with E-state index in [2.05, 4.69) is 10.3 Å². The SMILES string of the molecule is CCS(=O)(=O)c1ccc(O)c(NC(=O)CCCCCn2c(=S)[nH]c3ccccc3c2=O)c1. The van der Waals surface area contributed by atoms with Gasteiger partial charge in [0, 0.05) is 13.0 Å². The smallest absolute Gasteiger partial charge is 0.262 e. The molecule has 0 spiro atoms. The Bertz CT molecular complexity index is 1360. The predicted molar refractivity (Wildman–Crippen MR) is 126 cm³/mol. The quantitative estimate of drug-likeness (QED) is 0.246. The highest BCUT2D eigenvalue weighted by Gasteiger charge is 2.15. The molecule has 0 atom stereocenters. The van der Waals surface area contributed by atoms with Crippen molar-refractivity contribution in [1.29, 1.82) is 0 Å². The van der Waals surface area contributed by atoms with Gasteiger partial charge in [0.2, 0.25) is 5.91 Å². The molecule has 32 heavy (non-hydrogen) atoms. The van der Waals surface area contributed by atoms with E-state index in [1.54, 1.807) is 18.2 Å². The van der Waals surface area contributed by atoms with Crippen LogP contribution in [-0.4, -0.2) is 34.7 Å². The van der Waals surface area contributed by atoms with Crippen LogP contribution in [0.3, 0.4) is 0 Å². The van der Waals surface area contributed by atoms with E-state index < -0.39 is 9.84 Å². The topological polar surface area (TPSA) is 121 Å². The fraction of sp³-hybridized carbons (Fsp3) is 0.318. The Morgan fingerprint density at radius 1 is 1.16 bits per heavy atom. The van der Waals surface area contributed by atoms with Gasteiger partial charge in [-0.1, -0.05) is 25.5 Å². The van der Waals surface area contributed by atoms with Gasteiger partial charge in [0.1, 0.15) is 5.75 Å². The number of carbonyl (C=O) groups is 1. The summed E-state index contributed by atoms with van der Waals surface area (Å²) in [6.45, 7) is 1.97. The average molecular weight is 476 g/mol. The number of aromatic nitrogens is 2. The zero-order chi connectivity index (χ0) is 23.3. The Morgan fingerprint density at radius 3 is 2.66 bits per heavy atom. The first kappa shape index (κ1) is 23.7. The van der Waals surface area contributed by atoms with Gasteiger partial charge >= 0.3 is 0 Å².